The number of anilines is 2. The van der Waals surface area contributed by atoms with Gasteiger partial charge in [0.05, 0.1) is 40.5 Å². The highest BCUT2D eigenvalue weighted by Crippen LogP contribution is 2.47. The molecule has 37 heavy (non-hydrogen) atoms. The molecule has 1 fully saturated rings. The second-order valence-electron chi connectivity index (χ2n) is 7.54. The lowest BCUT2D eigenvalue weighted by Crippen LogP contribution is -2.55. The fourth-order valence-electron chi connectivity index (χ4n) is 3.28. The van der Waals surface area contributed by atoms with Crippen molar-refractivity contribution in [3.63, 3.8) is 0 Å². The zero-order valence-electron chi connectivity index (χ0n) is 18.0. The van der Waals surface area contributed by atoms with Gasteiger partial charge < -0.3 is 10.1 Å². The molecule has 1 aliphatic rings. The number of halogens is 9. The third-order valence-electron chi connectivity index (χ3n) is 4.86. The first kappa shape index (κ1) is 28.5. The Balaban J connectivity index is 2.25. The van der Waals surface area contributed by atoms with Crippen molar-refractivity contribution >= 4 is 58.6 Å². The van der Waals surface area contributed by atoms with Crippen LogP contribution in [0.2, 0.25) is 5.02 Å². The summed E-state index contributed by atoms with van der Waals surface area (Å²) in [6.45, 7) is -0.588. The van der Waals surface area contributed by atoms with E-state index < -0.39 is 81.2 Å². The molecule has 1 N–H and O–H groups in total. The number of ether oxygens (including phenoxy) is 1. The van der Waals surface area contributed by atoms with Crippen molar-refractivity contribution in [2.24, 2.45) is 0 Å². The average molecular weight is 547 g/mol. The molecule has 3 amide bonds. The molecule has 2 aromatic rings. The van der Waals surface area contributed by atoms with Gasteiger partial charge in [-0.1, -0.05) is 16.8 Å². The number of rotatable bonds is 4. The predicted molar refractivity (Wildman–Crippen MR) is 117 cm³/mol. The minimum absolute atomic E-state index is 0.142. The van der Waals surface area contributed by atoms with Crippen LogP contribution in [0.25, 0.3) is 0 Å². The van der Waals surface area contributed by atoms with Crippen molar-refractivity contribution in [1.29, 1.82) is 0 Å². The third kappa shape index (κ3) is 5.75. The zero-order valence-corrected chi connectivity index (χ0v) is 18.7. The molecule has 0 aromatic heterocycles. The predicted octanol–water partition coefficient (Wildman–Crippen LogP) is 4.31. The first-order valence-electron chi connectivity index (χ1n) is 9.74. The van der Waals surface area contributed by atoms with Crippen molar-refractivity contribution in [2.45, 2.75) is 17.6 Å². The van der Waals surface area contributed by atoms with Gasteiger partial charge in [-0.25, -0.2) is 18.4 Å². The number of alkyl halides is 6. The van der Waals surface area contributed by atoms with Crippen LogP contribution in [0.1, 0.15) is 11.1 Å². The highest BCUT2D eigenvalue weighted by Gasteiger charge is 2.44. The van der Waals surface area contributed by atoms with Gasteiger partial charge >= 0.3 is 24.5 Å². The Kier molecular flexibility index (Phi) is 7.43. The maximum Gasteiger partial charge on any atom is 0.420 e. The molecule has 0 aliphatic carbocycles. The average Bonchev–Trinajstić information content (AvgIpc) is 3.17. The lowest BCUT2D eigenvalue weighted by atomic mass is 9.48. The summed E-state index contributed by atoms with van der Waals surface area (Å²) in [6, 6.07) is -0.246. The molecule has 6 nitrogen and oxygen atoms in total. The number of hydrogen-bond acceptors (Lipinski definition) is 3. The first-order valence-corrected chi connectivity index (χ1v) is 10.1. The molecule has 0 bridgehead atoms. The Morgan fingerprint density at radius 2 is 1.68 bits per heavy atom. The van der Waals surface area contributed by atoms with E-state index in [2.05, 4.69) is 5.32 Å². The molecule has 0 atom stereocenters. The molecular weight excluding hydrogens is 538 g/mol. The van der Waals surface area contributed by atoms with Crippen LogP contribution in [0.3, 0.4) is 0 Å². The van der Waals surface area contributed by atoms with Crippen molar-refractivity contribution in [1.82, 2.24) is 5.32 Å². The molecule has 190 valence electrons. The minimum atomic E-state index is -5.57. The van der Waals surface area contributed by atoms with Crippen LogP contribution in [-0.2, 0) is 12.4 Å². The van der Waals surface area contributed by atoms with Crippen molar-refractivity contribution in [3.05, 3.63) is 52.0 Å². The Morgan fingerprint density at radius 3 is 2.16 bits per heavy atom. The zero-order chi connectivity index (χ0) is 28.1. The van der Waals surface area contributed by atoms with Crippen LogP contribution < -0.4 is 19.9 Å². The van der Waals surface area contributed by atoms with E-state index in [-0.39, 0.29) is 23.6 Å². The van der Waals surface area contributed by atoms with Gasteiger partial charge in [0.2, 0.25) is 0 Å². The SMILES string of the molecule is [B]C([B])([B])N(C(=O)Oc1c(N2CCNC2=O)cc(C(F)(F)F)cc1C(F)(F)F)c1ccc(F)c(Cl)c1F. The maximum atomic E-state index is 14.6. The van der Waals surface area contributed by atoms with E-state index in [0.29, 0.717) is 17.0 Å². The summed E-state index contributed by atoms with van der Waals surface area (Å²) in [5.74, 6) is -4.56. The number of carbonyl (C=O) groups is 2. The minimum Gasteiger partial charge on any atom is -0.407 e. The summed E-state index contributed by atoms with van der Waals surface area (Å²) >= 11 is 5.46. The molecule has 1 aliphatic heterocycles. The van der Waals surface area contributed by atoms with Crippen molar-refractivity contribution in [3.8, 4) is 5.75 Å². The summed E-state index contributed by atoms with van der Waals surface area (Å²) in [5.41, 5.74) is -6.11. The van der Waals surface area contributed by atoms with Crippen LogP contribution >= 0.6 is 11.6 Å². The van der Waals surface area contributed by atoms with Crippen LogP contribution in [-0.4, -0.2) is 54.0 Å². The molecule has 1 saturated heterocycles. The van der Waals surface area contributed by atoms with Gasteiger partial charge in [0, 0.05) is 13.1 Å². The van der Waals surface area contributed by atoms with Gasteiger partial charge in [0.15, 0.2) is 11.6 Å². The van der Waals surface area contributed by atoms with E-state index in [1.54, 1.807) is 0 Å². The second kappa shape index (κ2) is 9.65. The summed E-state index contributed by atoms with van der Waals surface area (Å²) in [6.07, 6.45) is -12.9. The summed E-state index contributed by atoms with van der Waals surface area (Å²) in [4.78, 5) is 25.4. The first-order chi connectivity index (χ1) is 16.8. The molecule has 0 spiro atoms. The second-order valence-corrected chi connectivity index (χ2v) is 7.91. The summed E-state index contributed by atoms with van der Waals surface area (Å²) in [5, 5.41) is -1.93. The van der Waals surface area contributed by atoms with E-state index in [9.17, 15) is 44.7 Å². The van der Waals surface area contributed by atoms with E-state index in [1.165, 1.54) is 0 Å². The van der Waals surface area contributed by atoms with E-state index in [4.69, 9.17) is 39.9 Å². The Labute approximate surface area is 212 Å². The Bertz CT molecular complexity index is 1250. The number of hydrogen-bond donors (Lipinski definition) is 1. The van der Waals surface area contributed by atoms with E-state index in [1.807, 2.05) is 0 Å². The Morgan fingerprint density at radius 1 is 1.05 bits per heavy atom. The van der Waals surface area contributed by atoms with Crippen LogP contribution in [0.5, 0.6) is 5.75 Å². The number of nitrogens with one attached hydrogen (secondary N) is 1. The van der Waals surface area contributed by atoms with Crippen LogP contribution in [0.15, 0.2) is 24.3 Å². The molecular formula is C19H9B3ClF8N3O3. The summed E-state index contributed by atoms with van der Waals surface area (Å²) < 4.78 is 115. The van der Waals surface area contributed by atoms with Gasteiger partial charge in [0.25, 0.3) is 0 Å². The highest BCUT2D eigenvalue weighted by atomic mass is 35.5. The van der Waals surface area contributed by atoms with Crippen LogP contribution in [0, 0.1) is 11.6 Å². The number of nitrogens with zero attached hydrogens (tertiary/aromatic N) is 2. The number of carbonyl (C=O) groups excluding carboxylic acids is 2. The number of benzene rings is 2. The monoisotopic (exact) mass is 547 g/mol. The standard InChI is InChI=1S/C19H9B3ClF8N3O3/c20-19(21,22)34(10-2-1-9(24)12(23)13(10)25)16(36)37-14-8(18(29,30)31)5-7(17(26,27)28)6-11(14)33-4-3-32-15(33)35/h1-2,5-6H,3-4H2,(H,32,35). The quantitative estimate of drug-likeness (QED) is 0.353. The highest BCUT2D eigenvalue weighted by molar-refractivity contribution is 6.62. The smallest absolute Gasteiger partial charge is 0.407 e. The van der Waals surface area contributed by atoms with Gasteiger partial charge in [-0.15, -0.1) is 0 Å². The van der Waals surface area contributed by atoms with Crippen LogP contribution in [0.4, 0.5) is 56.1 Å². The fraction of sp³-hybridized carbons (Fsp3) is 0.263. The van der Waals surface area contributed by atoms with Gasteiger partial charge in [-0.3, -0.25) is 9.80 Å². The van der Waals surface area contributed by atoms with Crippen molar-refractivity contribution in [2.75, 3.05) is 22.9 Å². The van der Waals surface area contributed by atoms with E-state index >= 15 is 0 Å². The van der Waals surface area contributed by atoms with Crippen molar-refractivity contribution < 1.29 is 49.4 Å². The topological polar surface area (TPSA) is 61.9 Å². The fourth-order valence-corrected chi connectivity index (χ4v) is 3.44. The van der Waals surface area contributed by atoms with Gasteiger partial charge in [-0.2, -0.15) is 26.3 Å². The third-order valence-corrected chi connectivity index (χ3v) is 5.21. The Hall–Kier alpha value is -3.10. The maximum absolute atomic E-state index is 14.6. The normalized spacial score (nSPS) is 14.5. The molecule has 6 radical (unpaired) electrons. The van der Waals surface area contributed by atoms with E-state index in [0.717, 1.165) is 0 Å². The molecule has 2 aromatic carbocycles. The molecule has 18 heteroatoms. The van der Waals surface area contributed by atoms with Gasteiger partial charge in [0.1, 0.15) is 16.4 Å². The number of urea groups is 1. The largest absolute Gasteiger partial charge is 0.420 e. The number of amides is 3. The van der Waals surface area contributed by atoms with Gasteiger partial charge in [-0.05, 0) is 24.3 Å². The molecule has 0 unspecified atom stereocenters. The lowest BCUT2D eigenvalue weighted by Gasteiger charge is -2.37. The summed E-state index contributed by atoms with van der Waals surface area (Å²) in [7, 11) is 16.3. The lowest BCUT2D eigenvalue weighted by molar-refractivity contribution is -0.143. The molecule has 3 rings (SSSR count). The molecule has 1 heterocycles. The molecule has 0 saturated carbocycles.